The van der Waals surface area contributed by atoms with Crippen molar-refractivity contribution in [3.05, 3.63) is 54.1 Å². The molecule has 2 aromatic rings. The SMILES string of the molecule is COc1ccc(C2=Nc3ccccc3N=C(C(F)(F)F)C2)cc1. The number of fused-ring (bicyclic) bond motifs is 1. The van der Waals surface area contributed by atoms with E-state index in [9.17, 15) is 13.2 Å². The number of hydrogen-bond acceptors (Lipinski definition) is 3. The van der Waals surface area contributed by atoms with Crippen molar-refractivity contribution in [3.63, 3.8) is 0 Å². The molecule has 0 atom stereocenters. The van der Waals surface area contributed by atoms with E-state index in [0.717, 1.165) is 0 Å². The van der Waals surface area contributed by atoms with E-state index in [4.69, 9.17) is 4.74 Å². The van der Waals surface area contributed by atoms with Gasteiger partial charge in [0.1, 0.15) is 11.5 Å². The molecule has 1 heterocycles. The highest BCUT2D eigenvalue weighted by atomic mass is 19.4. The van der Waals surface area contributed by atoms with E-state index in [1.165, 1.54) is 13.2 Å². The van der Waals surface area contributed by atoms with Gasteiger partial charge in [0.15, 0.2) is 0 Å². The molecule has 1 aliphatic heterocycles. The van der Waals surface area contributed by atoms with Crippen LogP contribution in [0.3, 0.4) is 0 Å². The lowest BCUT2D eigenvalue weighted by molar-refractivity contribution is -0.0596. The first-order valence-corrected chi connectivity index (χ1v) is 6.93. The molecular formula is C17H13F3N2O. The van der Waals surface area contributed by atoms with Gasteiger partial charge in [-0.15, -0.1) is 0 Å². The van der Waals surface area contributed by atoms with Crippen molar-refractivity contribution in [3.8, 4) is 5.75 Å². The zero-order valence-electron chi connectivity index (χ0n) is 12.3. The second-order valence-electron chi connectivity index (χ2n) is 5.01. The van der Waals surface area contributed by atoms with Crippen molar-refractivity contribution in [2.45, 2.75) is 12.6 Å². The van der Waals surface area contributed by atoms with Gasteiger partial charge < -0.3 is 4.74 Å². The monoisotopic (exact) mass is 318 g/mol. The van der Waals surface area contributed by atoms with E-state index >= 15 is 0 Å². The highest BCUT2D eigenvalue weighted by Gasteiger charge is 2.37. The van der Waals surface area contributed by atoms with Crippen molar-refractivity contribution in [2.24, 2.45) is 9.98 Å². The minimum Gasteiger partial charge on any atom is -0.497 e. The fraction of sp³-hybridized carbons (Fsp3) is 0.176. The van der Waals surface area contributed by atoms with Gasteiger partial charge in [0, 0.05) is 6.42 Å². The molecule has 0 radical (unpaired) electrons. The average molecular weight is 318 g/mol. The van der Waals surface area contributed by atoms with Gasteiger partial charge in [-0.3, -0.25) is 4.99 Å². The molecule has 118 valence electrons. The summed E-state index contributed by atoms with van der Waals surface area (Å²) in [5.41, 5.74) is 0.742. The molecule has 0 N–H and O–H groups in total. The second-order valence-corrected chi connectivity index (χ2v) is 5.01. The van der Waals surface area contributed by atoms with Gasteiger partial charge in [0.05, 0.1) is 24.2 Å². The van der Waals surface area contributed by atoms with Crippen LogP contribution in [0.5, 0.6) is 5.75 Å². The van der Waals surface area contributed by atoms with E-state index in [1.54, 1.807) is 42.5 Å². The molecule has 2 aromatic carbocycles. The van der Waals surface area contributed by atoms with Crippen LogP contribution in [-0.2, 0) is 0 Å². The second kappa shape index (κ2) is 5.87. The Morgan fingerprint density at radius 2 is 1.52 bits per heavy atom. The van der Waals surface area contributed by atoms with Gasteiger partial charge >= 0.3 is 6.18 Å². The summed E-state index contributed by atoms with van der Waals surface area (Å²) in [5, 5.41) is 0. The summed E-state index contributed by atoms with van der Waals surface area (Å²) in [4.78, 5) is 8.16. The van der Waals surface area contributed by atoms with Crippen molar-refractivity contribution in [2.75, 3.05) is 7.11 Å². The summed E-state index contributed by atoms with van der Waals surface area (Å²) in [7, 11) is 1.53. The van der Waals surface area contributed by atoms with Gasteiger partial charge in [0.2, 0.25) is 0 Å². The van der Waals surface area contributed by atoms with E-state index in [1.807, 2.05) is 0 Å². The minimum absolute atomic E-state index is 0.225. The summed E-state index contributed by atoms with van der Waals surface area (Å²) >= 11 is 0. The van der Waals surface area contributed by atoms with E-state index in [0.29, 0.717) is 22.7 Å². The molecule has 0 saturated heterocycles. The molecule has 23 heavy (non-hydrogen) atoms. The largest absolute Gasteiger partial charge is 0.497 e. The Balaban J connectivity index is 2.10. The average Bonchev–Trinajstić information content (AvgIpc) is 2.74. The lowest BCUT2D eigenvalue weighted by atomic mass is 10.0. The van der Waals surface area contributed by atoms with Crippen LogP contribution in [0, 0.1) is 0 Å². The number of aliphatic imine (C=N–C) groups is 2. The highest BCUT2D eigenvalue weighted by molar-refractivity contribution is 6.16. The first-order valence-electron chi connectivity index (χ1n) is 6.93. The van der Waals surface area contributed by atoms with Gasteiger partial charge in [-0.1, -0.05) is 12.1 Å². The Labute approximate surface area is 131 Å². The number of ether oxygens (including phenoxy) is 1. The molecule has 0 aliphatic carbocycles. The zero-order valence-corrected chi connectivity index (χ0v) is 12.3. The number of nitrogens with zero attached hydrogens (tertiary/aromatic N) is 2. The first kappa shape index (κ1) is 15.3. The highest BCUT2D eigenvalue weighted by Crippen LogP contribution is 2.35. The maximum atomic E-state index is 13.2. The normalized spacial score (nSPS) is 14.4. The molecule has 0 aromatic heterocycles. The first-order chi connectivity index (χ1) is 11.0. The minimum atomic E-state index is -4.50. The number of halogens is 3. The molecular weight excluding hydrogens is 305 g/mol. The number of hydrogen-bond donors (Lipinski definition) is 0. The van der Waals surface area contributed by atoms with Crippen molar-refractivity contribution < 1.29 is 17.9 Å². The van der Waals surface area contributed by atoms with Crippen LogP contribution >= 0.6 is 0 Å². The van der Waals surface area contributed by atoms with Gasteiger partial charge in [0.25, 0.3) is 0 Å². The summed E-state index contributed by atoms with van der Waals surface area (Å²) in [5.74, 6) is 0.632. The van der Waals surface area contributed by atoms with Crippen LogP contribution in [0.2, 0.25) is 0 Å². The summed E-state index contributed by atoms with van der Waals surface area (Å²) in [6, 6.07) is 13.3. The van der Waals surface area contributed by atoms with Crippen LogP contribution in [0.25, 0.3) is 0 Å². The molecule has 0 unspecified atom stereocenters. The number of benzene rings is 2. The van der Waals surface area contributed by atoms with Crippen molar-refractivity contribution >= 4 is 22.8 Å². The van der Waals surface area contributed by atoms with E-state index in [-0.39, 0.29) is 12.1 Å². The summed E-state index contributed by atoms with van der Waals surface area (Å²) in [6.07, 6.45) is -4.87. The van der Waals surface area contributed by atoms with Gasteiger partial charge in [-0.05, 0) is 42.0 Å². The molecule has 0 spiro atoms. The molecule has 0 saturated carbocycles. The quantitative estimate of drug-likeness (QED) is 0.779. The fourth-order valence-corrected chi connectivity index (χ4v) is 2.30. The van der Waals surface area contributed by atoms with Crippen LogP contribution in [0.1, 0.15) is 12.0 Å². The zero-order chi connectivity index (χ0) is 16.4. The van der Waals surface area contributed by atoms with Crippen LogP contribution in [0.4, 0.5) is 24.5 Å². The van der Waals surface area contributed by atoms with Gasteiger partial charge in [-0.25, -0.2) is 4.99 Å². The number of para-hydroxylation sites is 2. The van der Waals surface area contributed by atoms with Crippen LogP contribution < -0.4 is 4.74 Å². The molecule has 3 rings (SSSR count). The van der Waals surface area contributed by atoms with Crippen LogP contribution in [-0.4, -0.2) is 24.7 Å². The topological polar surface area (TPSA) is 34.0 Å². The fourth-order valence-electron chi connectivity index (χ4n) is 2.30. The number of methoxy groups -OCH3 is 1. The number of alkyl halides is 3. The maximum absolute atomic E-state index is 13.2. The molecule has 0 bridgehead atoms. The Hall–Kier alpha value is -2.63. The summed E-state index contributed by atoms with van der Waals surface area (Å²) in [6.45, 7) is 0. The predicted molar refractivity (Wildman–Crippen MR) is 83.4 cm³/mol. The van der Waals surface area contributed by atoms with Crippen molar-refractivity contribution in [1.82, 2.24) is 0 Å². The lowest BCUT2D eigenvalue weighted by Gasteiger charge is -2.11. The van der Waals surface area contributed by atoms with E-state index < -0.39 is 11.9 Å². The maximum Gasteiger partial charge on any atom is 0.429 e. The van der Waals surface area contributed by atoms with Crippen LogP contribution in [0.15, 0.2) is 58.5 Å². The Morgan fingerprint density at radius 3 is 2.09 bits per heavy atom. The third-order valence-electron chi connectivity index (χ3n) is 3.48. The third-order valence-corrected chi connectivity index (χ3v) is 3.48. The predicted octanol–water partition coefficient (Wildman–Crippen LogP) is 4.85. The molecule has 3 nitrogen and oxygen atoms in total. The number of rotatable bonds is 2. The Bertz CT molecular complexity index is 777. The summed E-state index contributed by atoms with van der Waals surface area (Å²) < 4.78 is 44.7. The van der Waals surface area contributed by atoms with E-state index in [2.05, 4.69) is 9.98 Å². The standard InChI is InChI=1S/C17H13F3N2O/c1-23-12-8-6-11(7-9-12)15-10-16(17(18,19)20)22-14-5-3-2-4-13(14)21-15/h2-9H,10H2,1H3. The Kier molecular flexibility index (Phi) is 3.90. The molecule has 1 aliphatic rings. The lowest BCUT2D eigenvalue weighted by Crippen LogP contribution is -2.25. The molecule has 0 fully saturated rings. The molecule has 0 amide bonds. The van der Waals surface area contributed by atoms with Gasteiger partial charge in [-0.2, -0.15) is 13.2 Å². The molecule has 6 heteroatoms. The smallest absolute Gasteiger partial charge is 0.429 e. The third kappa shape index (κ3) is 3.26. The van der Waals surface area contributed by atoms with Crippen molar-refractivity contribution in [1.29, 1.82) is 0 Å². The Morgan fingerprint density at radius 1 is 0.913 bits per heavy atom.